The second-order valence-corrected chi connectivity index (χ2v) is 8.04. The van der Waals surface area contributed by atoms with E-state index in [9.17, 15) is 22.0 Å². The first kappa shape index (κ1) is 20.5. The number of sulfonamides is 1. The quantitative estimate of drug-likeness (QED) is 0.641. The minimum absolute atomic E-state index is 0.00916. The molecule has 3 aromatic carbocycles. The van der Waals surface area contributed by atoms with Crippen molar-refractivity contribution in [3.8, 4) is 0 Å². The third-order valence-electron chi connectivity index (χ3n) is 4.15. The van der Waals surface area contributed by atoms with Gasteiger partial charge in [0.1, 0.15) is 18.2 Å². The topological polar surface area (TPSA) is 66.5 Å². The van der Waals surface area contributed by atoms with Crippen LogP contribution in [0.4, 0.5) is 14.5 Å². The van der Waals surface area contributed by atoms with Crippen molar-refractivity contribution in [1.29, 1.82) is 0 Å². The van der Waals surface area contributed by atoms with Gasteiger partial charge < -0.3 is 5.32 Å². The lowest BCUT2D eigenvalue weighted by Crippen LogP contribution is -2.40. The summed E-state index contributed by atoms with van der Waals surface area (Å²) in [5.74, 6) is -1.77. The highest BCUT2D eigenvalue weighted by molar-refractivity contribution is 7.92. The maximum Gasteiger partial charge on any atom is 0.264 e. The van der Waals surface area contributed by atoms with Crippen LogP contribution in [-0.2, 0) is 21.4 Å². The fourth-order valence-electron chi connectivity index (χ4n) is 2.69. The minimum Gasteiger partial charge on any atom is -0.350 e. The highest BCUT2D eigenvalue weighted by atomic mass is 32.2. The van der Waals surface area contributed by atoms with E-state index in [0.29, 0.717) is 0 Å². The third-order valence-corrected chi connectivity index (χ3v) is 5.94. The molecular weight excluding hydrogens is 398 g/mol. The second kappa shape index (κ2) is 8.83. The number of carbonyl (C=O) groups excluding carboxylic acids is 1. The molecule has 150 valence electrons. The summed E-state index contributed by atoms with van der Waals surface area (Å²) in [6, 6.07) is 18.4. The summed E-state index contributed by atoms with van der Waals surface area (Å²) in [4.78, 5) is 12.4. The van der Waals surface area contributed by atoms with Crippen molar-refractivity contribution in [3.05, 3.63) is 96.1 Å². The smallest absolute Gasteiger partial charge is 0.264 e. The first-order chi connectivity index (χ1) is 13.9. The Balaban J connectivity index is 1.86. The predicted molar refractivity (Wildman–Crippen MR) is 106 cm³/mol. The lowest BCUT2D eigenvalue weighted by atomic mass is 10.2. The molecule has 0 unspecified atom stereocenters. The molecule has 0 spiro atoms. The summed E-state index contributed by atoms with van der Waals surface area (Å²) >= 11 is 0. The number of rotatable bonds is 7. The number of benzene rings is 3. The zero-order valence-corrected chi connectivity index (χ0v) is 16.1. The molecule has 3 rings (SSSR count). The number of nitrogens with one attached hydrogen (secondary N) is 1. The van der Waals surface area contributed by atoms with E-state index >= 15 is 0 Å². The van der Waals surface area contributed by atoms with E-state index in [1.807, 2.05) is 0 Å². The van der Waals surface area contributed by atoms with E-state index in [1.54, 1.807) is 24.3 Å². The van der Waals surface area contributed by atoms with Gasteiger partial charge in [-0.05, 0) is 36.4 Å². The lowest BCUT2D eigenvalue weighted by Gasteiger charge is -2.24. The van der Waals surface area contributed by atoms with Crippen LogP contribution in [0.25, 0.3) is 0 Å². The Hall–Kier alpha value is -3.26. The summed E-state index contributed by atoms with van der Waals surface area (Å²) < 4.78 is 54.4. The minimum atomic E-state index is -4.13. The molecule has 0 saturated heterocycles. The highest BCUT2D eigenvalue weighted by Gasteiger charge is 2.27. The molecule has 0 atom stereocenters. The molecule has 0 aliphatic carbocycles. The molecule has 0 aromatic heterocycles. The predicted octanol–water partition coefficient (Wildman–Crippen LogP) is 3.48. The van der Waals surface area contributed by atoms with Gasteiger partial charge in [-0.3, -0.25) is 9.10 Å². The summed E-state index contributed by atoms with van der Waals surface area (Å²) in [5, 5.41) is 2.50. The normalized spacial score (nSPS) is 11.1. The maximum atomic E-state index is 13.7. The van der Waals surface area contributed by atoms with Gasteiger partial charge in [0.15, 0.2) is 0 Å². The Morgan fingerprint density at radius 1 is 0.897 bits per heavy atom. The zero-order chi connectivity index (χ0) is 20.9. The molecule has 0 fully saturated rings. The number of hydrogen-bond acceptors (Lipinski definition) is 3. The van der Waals surface area contributed by atoms with Crippen LogP contribution in [0.5, 0.6) is 0 Å². The van der Waals surface area contributed by atoms with Gasteiger partial charge in [0.2, 0.25) is 5.91 Å². The first-order valence-corrected chi connectivity index (χ1v) is 10.2. The standard InChI is InChI=1S/C21H18F2N2O3S/c22-17-8-6-9-18(13-17)25(29(27,28)19-10-2-1-3-11-19)15-21(26)24-14-16-7-4-5-12-20(16)23/h1-13H,14-15H2,(H,24,26). The SMILES string of the molecule is O=C(CN(c1cccc(F)c1)S(=O)(=O)c1ccccc1)NCc1ccccc1F. The average Bonchev–Trinajstić information content (AvgIpc) is 2.72. The molecule has 0 aliphatic heterocycles. The largest absolute Gasteiger partial charge is 0.350 e. The molecule has 3 aromatic rings. The van der Waals surface area contributed by atoms with Gasteiger partial charge in [-0.1, -0.05) is 42.5 Å². The van der Waals surface area contributed by atoms with Gasteiger partial charge in [-0.15, -0.1) is 0 Å². The number of anilines is 1. The van der Waals surface area contributed by atoms with Gasteiger partial charge in [0.05, 0.1) is 10.6 Å². The van der Waals surface area contributed by atoms with Crippen LogP contribution in [0.3, 0.4) is 0 Å². The Kier molecular flexibility index (Phi) is 6.23. The van der Waals surface area contributed by atoms with Crippen LogP contribution >= 0.6 is 0 Å². The van der Waals surface area contributed by atoms with E-state index in [-0.39, 0.29) is 22.7 Å². The van der Waals surface area contributed by atoms with Gasteiger partial charge in [0.25, 0.3) is 10.0 Å². The Morgan fingerprint density at radius 3 is 2.28 bits per heavy atom. The van der Waals surface area contributed by atoms with Crippen molar-refractivity contribution in [2.24, 2.45) is 0 Å². The average molecular weight is 416 g/mol. The number of carbonyl (C=O) groups is 1. The molecule has 0 heterocycles. The Morgan fingerprint density at radius 2 is 1.59 bits per heavy atom. The molecule has 0 bridgehead atoms. The number of hydrogen-bond donors (Lipinski definition) is 1. The van der Waals surface area contributed by atoms with Gasteiger partial charge in [-0.25, -0.2) is 17.2 Å². The molecule has 1 N–H and O–H groups in total. The van der Waals surface area contributed by atoms with E-state index in [1.165, 1.54) is 48.5 Å². The van der Waals surface area contributed by atoms with Crippen molar-refractivity contribution in [2.45, 2.75) is 11.4 Å². The lowest BCUT2D eigenvalue weighted by molar-refractivity contribution is -0.119. The van der Waals surface area contributed by atoms with E-state index in [4.69, 9.17) is 0 Å². The van der Waals surface area contributed by atoms with Crippen molar-refractivity contribution >= 4 is 21.6 Å². The van der Waals surface area contributed by atoms with Crippen molar-refractivity contribution in [3.63, 3.8) is 0 Å². The van der Waals surface area contributed by atoms with Gasteiger partial charge >= 0.3 is 0 Å². The van der Waals surface area contributed by atoms with Gasteiger partial charge in [-0.2, -0.15) is 0 Å². The number of halogens is 2. The zero-order valence-electron chi connectivity index (χ0n) is 15.3. The van der Waals surface area contributed by atoms with E-state index in [0.717, 1.165) is 10.4 Å². The molecule has 0 aliphatic rings. The number of amides is 1. The third kappa shape index (κ3) is 4.97. The van der Waals surface area contributed by atoms with Crippen LogP contribution in [0.2, 0.25) is 0 Å². The Labute approximate surface area is 167 Å². The molecule has 29 heavy (non-hydrogen) atoms. The Bertz CT molecular complexity index is 1110. The molecule has 0 saturated carbocycles. The molecule has 5 nitrogen and oxygen atoms in total. The van der Waals surface area contributed by atoms with Crippen LogP contribution in [-0.4, -0.2) is 20.9 Å². The van der Waals surface area contributed by atoms with E-state index < -0.39 is 34.1 Å². The van der Waals surface area contributed by atoms with Crippen LogP contribution in [0.1, 0.15) is 5.56 Å². The number of nitrogens with zero attached hydrogens (tertiary/aromatic N) is 1. The van der Waals surface area contributed by atoms with E-state index in [2.05, 4.69) is 5.32 Å². The van der Waals surface area contributed by atoms with Crippen molar-refractivity contribution < 1.29 is 22.0 Å². The molecular formula is C21H18F2N2O3S. The van der Waals surface area contributed by atoms with Crippen LogP contribution < -0.4 is 9.62 Å². The van der Waals surface area contributed by atoms with Crippen molar-refractivity contribution in [2.75, 3.05) is 10.8 Å². The monoisotopic (exact) mass is 416 g/mol. The fraction of sp³-hybridized carbons (Fsp3) is 0.0952. The summed E-state index contributed by atoms with van der Waals surface area (Å²) in [5.41, 5.74) is 0.277. The van der Waals surface area contributed by atoms with Crippen LogP contribution in [0, 0.1) is 11.6 Å². The maximum absolute atomic E-state index is 13.7. The fourth-order valence-corrected chi connectivity index (χ4v) is 4.12. The van der Waals surface area contributed by atoms with Crippen LogP contribution in [0.15, 0.2) is 83.8 Å². The molecule has 0 radical (unpaired) electrons. The first-order valence-electron chi connectivity index (χ1n) is 8.71. The molecule has 1 amide bonds. The van der Waals surface area contributed by atoms with Crippen molar-refractivity contribution in [1.82, 2.24) is 5.32 Å². The summed E-state index contributed by atoms with van der Waals surface area (Å²) in [6.45, 7) is -0.691. The molecule has 8 heteroatoms. The summed E-state index contributed by atoms with van der Waals surface area (Å²) in [6.07, 6.45) is 0. The second-order valence-electron chi connectivity index (χ2n) is 6.17. The highest BCUT2D eigenvalue weighted by Crippen LogP contribution is 2.24. The summed E-state index contributed by atoms with van der Waals surface area (Å²) in [7, 11) is -4.13. The van der Waals surface area contributed by atoms with Gasteiger partial charge in [0, 0.05) is 12.1 Å².